The summed E-state index contributed by atoms with van der Waals surface area (Å²) in [6.07, 6.45) is 3.44. The number of rotatable bonds is 5. The van der Waals surface area contributed by atoms with Crippen molar-refractivity contribution in [1.82, 2.24) is 30.1 Å². The zero-order valence-electron chi connectivity index (χ0n) is 15.9. The maximum absolute atomic E-state index is 13.0. The van der Waals surface area contributed by atoms with E-state index in [0.717, 1.165) is 36.9 Å². The van der Waals surface area contributed by atoms with Crippen molar-refractivity contribution < 1.29 is 14.3 Å². The number of ether oxygens (including phenoxy) is 2. The Hall–Kier alpha value is -2.59. The highest BCUT2D eigenvalue weighted by Gasteiger charge is 2.30. The minimum Gasteiger partial charge on any atom is -0.383 e. The number of nitrogens with one attached hydrogen (secondary N) is 1. The molecular formula is C18H24N6O4. The van der Waals surface area contributed by atoms with Crippen LogP contribution in [0.1, 0.15) is 46.4 Å². The number of methoxy groups -OCH3 is 1. The lowest BCUT2D eigenvalue weighted by Gasteiger charge is -2.31. The smallest absolute Gasteiger partial charge is 0.261 e. The molecule has 4 rings (SSSR count). The number of carbonyl (C=O) groups excluding carboxylic acids is 1. The third kappa shape index (κ3) is 3.83. The highest BCUT2D eigenvalue weighted by Crippen LogP contribution is 2.22. The maximum atomic E-state index is 13.0. The molecule has 3 heterocycles. The lowest BCUT2D eigenvalue weighted by Crippen LogP contribution is -2.44. The van der Waals surface area contributed by atoms with E-state index in [9.17, 15) is 9.59 Å². The summed E-state index contributed by atoms with van der Waals surface area (Å²) in [5.74, 6) is 0.141. The van der Waals surface area contributed by atoms with E-state index in [1.165, 1.54) is 4.80 Å². The van der Waals surface area contributed by atoms with Gasteiger partial charge in [-0.25, -0.2) is 0 Å². The fraction of sp³-hybridized carbons (Fsp3) is 0.611. The van der Waals surface area contributed by atoms with Crippen LogP contribution in [-0.4, -0.2) is 69.4 Å². The molecule has 1 fully saturated rings. The number of tetrazole rings is 1. The number of H-pyrrole nitrogens is 1. The van der Waals surface area contributed by atoms with Crippen LogP contribution < -0.4 is 5.56 Å². The van der Waals surface area contributed by atoms with Gasteiger partial charge in [-0.2, -0.15) is 4.80 Å². The first kappa shape index (κ1) is 18.8. The normalized spacial score (nSPS) is 19.5. The molecule has 2 aromatic rings. The van der Waals surface area contributed by atoms with E-state index < -0.39 is 6.10 Å². The minimum absolute atomic E-state index is 0.193. The number of morpholine rings is 1. The molecule has 0 bridgehead atoms. The molecule has 1 amide bonds. The van der Waals surface area contributed by atoms with Crippen LogP contribution in [0.25, 0.3) is 0 Å². The monoisotopic (exact) mass is 388 g/mol. The summed E-state index contributed by atoms with van der Waals surface area (Å²) in [6.45, 7) is 2.03. The molecule has 28 heavy (non-hydrogen) atoms. The molecule has 1 atom stereocenters. The molecule has 1 aliphatic heterocycles. The summed E-state index contributed by atoms with van der Waals surface area (Å²) >= 11 is 0. The Balaban J connectivity index is 1.49. The molecule has 0 saturated carbocycles. The lowest BCUT2D eigenvalue weighted by atomic mass is 9.95. The third-order valence-electron chi connectivity index (χ3n) is 5.17. The highest BCUT2D eigenvalue weighted by atomic mass is 16.5. The second-order valence-electron chi connectivity index (χ2n) is 7.07. The fourth-order valence-corrected chi connectivity index (χ4v) is 3.65. The molecular weight excluding hydrogens is 364 g/mol. The number of pyridine rings is 1. The number of hydrogen-bond donors (Lipinski definition) is 1. The average molecular weight is 388 g/mol. The van der Waals surface area contributed by atoms with Gasteiger partial charge in [-0.05, 0) is 42.5 Å². The van der Waals surface area contributed by atoms with Crippen LogP contribution in [0.4, 0.5) is 0 Å². The Morgan fingerprint density at radius 1 is 1.39 bits per heavy atom. The Morgan fingerprint density at radius 3 is 3.11 bits per heavy atom. The van der Waals surface area contributed by atoms with Gasteiger partial charge in [0.15, 0.2) is 0 Å². The van der Waals surface area contributed by atoms with Gasteiger partial charge in [0.1, 0.15) is 11.7 Å². The van der Waals surface area contributed by atoms with Gasteiger partial charge in [-0.1, -0.05) is 0 Å². The van der Waals surface area contributed by atoms with Gasteiger partial charge in [0.2, 0.25) is 5.82 Å². The van der Waals surface area contributed by atoms with E-state index >= 15 is 0 Å². The summed E-state index contributed by atoms with van der Waals surface area (Å²) in [6, 6.07) is 1.76. The first-order chi connectivity index (χ1) is 13.7. The molecule has 10 heteroatoms. The molecule has 0 aromatic carbocycles. The van der Waals surface area contributed by atoms with Crippen LogP contribution in [-0.2, 0) is 28.9 Å². The third-order valence-corrected chi connectivity index (χ3v) is 5.17. The number of hydrogen-bond acceptors (Lipinski definition) is 7. The number of aromatic nitrogens is 5. The van der Waals surface area contributed by atoms with Crippen molar-refractivity contribution in [2.45, 2.75) is 38.3 Å². The van der Waals surface area contributed by atoms with Crippen molar-refractivity contribution in [2.75, 3.05) is 33.4 Å². The van der Waals surface area contributed by atoms with Gasteiger partial charge in [-0.3, -0.25) is 9.59 Å². The van der Waals surface area contributed by atoms with Crippen molar-refractivity contribution in [1.29, 1.82) is 0 Å². The number of nitrogens with zero attached hydrogens (tertiary/aromatic N) is 5. The second kappa shape index (κ2) is 8.19. The first-order valence-corrected chi connectivity index (χ1v) is 9.58. The lowest BCUT2D eigenvalue weighted by molar-refractivity contribution is -0.0270. The van der Waals surface area contributed by atoms with Crippen molar-refractivity contribution in [3.8, 4) is 0 Å². The molecule has 1 saturated heterocycles. The van der Waals surface area contributed by atoms with Gasteiger partial charge < -0.3 is 19.4 Å². The number of aryl methyl sites for hydroxylation is 2. The van der Waals surface area contributed by atoms with E-state index in [0.29, 0.717) is 32.1 Å². The van der Waals surface area contributed by atoms with Crippen LogP contribution in [0, 0.1) is 0 Å². The average Bonchev–Trinajstić information content (AvgIpc) is 3.20. The van der Waals surface area contributed by atoms with Crippen molar-refractivity contribution in [2.24, 2.45) is 0 Å². The number of carbonyl (C=O) groups is 1. The highest BCUT2D eigenvalue weighted by molar-refractivity contribution is 5.94. The van der Waals surface area contributed by atoms with Crippen LogP contribution in [0.15, 0.2) is 10.9 Å². The Morgan fingerprint density at radius 2 is 2.25 bits per heavy atom. The minimum atomic E-state index is -0.467. The van der Waals surface area contributed by atoms with Crippen LogP contribution in [0.2, 0.25) is 0 Å². The van der Waals surface area contributed by atoms with Crippen LogP contribution in [0.5, 0.6) is 0 Å². The SMILES string of the molecule is COCCn1nnc(C2CN(C(=O)c3cc4c([nH]c3=O)CCCC4)CCO2)n1. The number of amides is 1. The molecule has 1 unspecified atom stereocenters. The molecule has 1 aliphatic carbocycles. The van der Waals surface area contributed by atoms with Crippen molar-refractivity contribution >= 4 is 5.91 Å². The Labute approximate surface area is 161 Å². The molecule has 0 spiro atoms. The summed E-state index contributed by atoms with van der Waals surface area (Å²) in [5, 5.41) is 12.3. The van der Waals surface area contributed by atoms with Gasteiger partial charge in [0, 0.05) is 19.3 Å². The Bertz CT molecular complexity index is 908. The standard InChI is InChI=1S/C18H24N6O4/c1-27-8-7-24-21-16(20-22-24)15-11-23(6-9-28-15)18(26)13-10-12-4-2-3-5-14(12)19-17(13)25/h10,15H,2-9,11H2,1H3,(H,19,25). The summed E-state index contributed by atoms with van der Waals surface area (Å²) in [7, 11) is 1.61. The summed E-state index contributed by atoms with van der Waals surface area (Å²) < 4.78 is 10.7. The molecule has 10 nitrogen and oxygen atoms in total. The number of aromatic amines is 1. The molecule has 2 aromatic heterocycles. The molecule has 2 aliphatic rings. The van der Waals surface area contributed by atoms with Gasteiger partial charge in [0.25, 0.3) is 11.5 Å². The van der Waals surface area contributed by atoms with E-state index in [4.69, 9.17) is 9.47 Å². The zero-order chi connectivity index (χ0) is 19.5. The van der Waals surface area contributed by atoms with E-state index in [2.05, 4.69) is 20.4 Å². The van der Waals surface area contributed by atoms with Gasteiger partial charge in [-0.15, -0.1) is 10.2 Å². The van der Waals surface area contributed by atoms with Crippen LogP contribution >= 0.6 is 0 Å². The van der Waals surface area contributed by atoms with E-state index in [-0.39, 0.29) is 23.6 Å². The van der Waals surface area contributed by atoms with Crippen molar-refractivity contribution in [3.63, 3.8) is 0 Å². The quantitative estimate of drug-likeness (QED) is 0.772. The largest absolute Gasteiger partial charge is 0.383 e. The number of fused-ring (bicyclic) bond motifs is 1. The molecule has 0 radical (unpaired) electrons. The topological polar surface area (TPSA) is 115 Å². The first-order valence-electron chi connectivity index (χ1n) is 9.58. The summed E-state index contributed by atoms with van der Waals surface area (Å²) in [5.41, 5.74) is 1.90. The second-order valence-corrected chi connectivity index (χ2v) is 7.07. The predicted octanol–water partition coefficient (Wildman–Crippen LogP) is 0.100. The summed E-state index contributed by atoms with van der Waals surface area (Å²) in [4.78, 5) is 31.4. The molecule has 1 N–H and O–H groups in total. The fourth-order valence-electron chi connectivity index (χ4n) is 3.65. The molecule has 150 valence electrons. The van der Waals surface area contributed by atoms with Crippen molar-refractivity contribution in [3.05, 3.63) is 39.1 Å². The Kier molecular flexibility index (Phi) is 5.49. The predicted molar refractivity (Wildman–Crippen MR) is 98.0 cm³/mol. The van der Waals surface area contributed by atoms with E-state index in [1.54, 1.807) is 18.1 Å². The zero-order valence-corrected chi connectivity index (χ0v) is 15.9. The van der Waals surface area contributed by atoms with Gasteiger partial charge >= 0.3 is 0 Å². The van der Waals surface area contributed by atoms with Crippen LogP contribution in [0.3, 0.4) is 0 Å². The van der Waals surface area contributed by atoms with E-state index in [1.807, 2.05) is 0 Å². The maximum Gasteiger partial charge on any atom is 0.261 e. The van der Waals surface area contributed by atoms with Gasteiger partial charge in [0.05, 0.1) is 26.3 Å².